The molecule has 0 aromatic heterocycles. The average Bonchev–Trinajstić information content (AvgIpc) is 3.34. The van der Waals surface area contributed by atoms with Crippen molar-refractivity contribution in [2.24, 2.45) is 5.92 Å². The standard InChI is InChI=1S/C27H23N3O5/c1-17-7-12-20(13-8-17)28-26(31)24-23(16-11-19-5-3-4-6-22(19)30(33)34)29(35-25(24)27(28)32)21-14-9-18(2)10-15-21/h3-16,23-25H,1-2H3/b16-11+/t23-,24+,25-/m1/s1. The molecule has 8 heteroatoms. The molecular weight excluding hydrogens is 446 g/mol. The minimum Gasteiger partial charge on any atom is -0.273 e. The number of carbonyl (C=O) groups excluding carboxylic acids is 2. The molecule has 0 radical (unpaired) electrons. The molecule has 0 unspecified atom stereocenters. The zero-order valence-electron chi connectivity index (χ0n) is 19.2. The largest absolute Gasteiger partial charge is 0.276 e. The van der Waals surface area contributed by atoms with E-state index in [9.17, 15) is 19.7 Å². The summed E-state index contributed by atoms with van der Waals surface area (Å²) < 4.78 is 0. The van der Waals surface area contributed by atoms with Crippen molar-refractivity contribution < 1.29 is 19.3 Å². The number of benzene rings is 3. The van der Waals surface area contributed by atoms with E-state index in [1.54, 1.807) is 47.5 Å². The van der Waals surface area contributed by atoms with Crippen molar-refractivity contribution in [2.45, 2.75) is 26.0 Å². The first-order valence-electron chi connectivity index (χ1n) is 11.2. The van der Waals surface area contributed by atoms with Crippen LogP contribution in [0.2, 0.25) is 0 Å². The Bertz CT molecular complexity index is 1330. The minimum atomic E-state index is -0.995. The molecule has 0 spiro atoms. The number of hydrogen-bond acceptors (Lipinski definition) is 6. The maximum absolute atomic E-state index is 13.6. The van der Waals surface area contributed by atoms with E-state index in [1.807, 2.05) is 50.2 Å². The Morgan fingerprint density at radius 3 is 2.09 bits per heavy atom. The van der Waals surface area contributed by atoms with Crippen molar-refractivity contribution in [3.63, 3.8) is 0 Å². The van der Waals surface area contributed by atoms with E-state index < -0.39 is 28.9 Å². The zero-order chi connectivity index (χ0) is 24.7. The molecule has 5 rings (SSSR count). The molecule has 0 saturated carbocycles. The van der Waals surface area contributed by atoms with E-state index in [-0.39, 0.29) is 11.6 Å². The number of nitro groups is 1. The summed E-state index contributed by atoms with van der Waals surface area (Å²) in [6.07, 6.45) is 2.32. The molecule has 8 nitrogen and oxygen atoms in total. The van der Waals surface area contributed by atoms with Gasteiger partial charge in [-0.2, -0.15) is 0 Å². The van der Waals surface area contributed by atoms with Gasteiger partial charge in [0.2, 0.25) is 5.91 Å². The van der Waals surface area contributed by atoms with Crippen LogP contribution in [0.5, 0.6) is 0 Å². The number of hydrogen-bond donors (Lipinski definition) is 0. The van der Waals surface area contributed by atoms with Gasteiger partial charge in [-0.25, -0.2) is 9.96 Å². The first-order chi connectivity index (χ1) is 16.8. The average molecular weight is 469 g/mol. The van der Waals surface area contributed by atoms with Crippen molar-refractivity contribution in [3.8, 4) is 0 Å². The number of hydroxylamine groups is 1. The van der Waals surface area contributed by atoms with E-state index >= 15 is 0 Å². The Kier molecular flexibility index (Phi) is 5.66. The van der Waals surface area contributed by atoms with Crippen LogP contribution in [0.1, 0.15) is 16.7 Å². The Hall–Kier alpha value is -4.30. The van der Waals surface area contributed by atoms with Gasteiger partial charge >= 0.3 is 0 Å². The highest BCUT2D eigenvalue weighted by molar-refractivity contribution is 6.24. The van der Waals surface area contributed by atoms with Crippen LogP contribution in [-0.2, 0) is 14.4 Å². The predicted molar refractivity (Wildman–Crippen MR) is 132 cm³/mol. The van der Waals surface area contributed by atoms with Gasteiger partial charge in [0.25, 0.3) is 11.6 Å². The van der Waals surface area contributed by atoms with E-state index in [0.717, 1.165) is 11.1 Å². The molecule has 2 amide bonds. The van der Waals surface area contributed by atoms with E-state index in [2.05, 4.69) is 0 Å². The van der Waals surface area contributed by atoms with Gasteiger partial charge in [-0.15, -0.1) is 0 Å². The van der Waals surface area contributed by atoms with Crippen LogP contribution in [0, 0.1) is 29.9 Å². The Morgan fingerprint density at radius 2 is 1.46 bits per heavy atom. The maximum atomic E-state index is 13.6. The van der Waals surface area contributed by atoms with Gasteiger partial charge in [0, 0.05) is 6.07 Å². The number of carbonyl (C=O) groups is 2. The molecular formula is C27H23N3O5. The first-order valence-corrected chi connectivity index (χ1v) is 11.2. The van der Waals surface area contributed by atoms with Gasteiger partial charge in [-0.1, -0.05) is 53.6 Å². The summed E-state index contributed by atoms with van der Waals surface area (Å²) in [6, 6.07) is 20.4. The van der Waals surface area contributed by atoms with Crippen molar-refractivity contribution in [2.75, 3.05) is 9.96 Å². The zero-order valence-corrected chi connectivity index (χ0v) is 19.2. The second-order valence-corrected chi connectivity index (χ2v) is 8.73. The summed E-state index contributed by atoms with van der Waals surface area (Å²) in [5.74, 6) is -1.60. The van der Waals surface area contributed by atoms with Crippen molar-refractivity contribution in [1.82, 2.24) is 0 Å². The maximum Gasteiger partial charge on any atom is 0.276 e. The molecule has 35 heavy (non-hydrogen) atoms. The van der Waals surface area contributed by atoms with Crippen LogP contribution in [0.15, 0.2) is 78.9 Å². The normalized spacial score (nSPS) is 21.7. The van der Waals surface area contributed by atoms with Gasteiger partial charge in [0.1, 0.15) is 5.92 Å². The molecule has 176 valence electrons. The number of nitrogens with zero attached hydrogens (tertiary/aromatic N) is 3. The fraction of sp³-hybridized carbons (Fsp3) is 0.185. The fourth-order valence-electron chi connectivity index (χ4n) is 4.51. The summed E-state index contributed by atoms with van der Waals surface area (Å²) in [6.45, 7) is 3.89. The number of nitro benzene ring substituents is 1. The monoisotopic (exact) mass is 469 g/mol. The Labute approximate surface area is 202 Å². The van der Waals surface area contributed by atoms with Crippen molar-refractivity contribution in [1.29, 1.82) is 0 Å². The summed E-state index contributed by atoms with van der Waals surface area (Å²) in [5.41, 5.74) is 3.60. The fourth-order valence-corrected chi connectivity index (χ4v) is 4.51. The second-order valence-electron chi connectivity index (χ2n) is 8.73. The second kappa shape index (κ2) is 8.81. The third-order valence-corrected chi connectivity index (χ3v) is 6.35. The number of amides is 2. The van der Waals surface area contributed by atoms with Crippen molar-refractivity contribution in [3.05, 3.63) is 106 Å². The SMILES string of the molecule is Cc1ccc(N2C(=O)[C@H]3[C@@H](/C=C/c4ccccc4[N+](=O)[O-])N(c4ccc(C)cc4)O[C@H]3C2=O)cc1. The van der Waals surface area contributed by atoms with E-state index in [1.165, 1.54) is 11.0 Å². The van der Waals surface area contributed by atoms with Crippen LogP contribution in [-0.4, -0.2) is 28.9 Å². The molecule has 0 bridgehead atoms. The van der Waals surface area contributed by atoms with Crippen LogP contribution >= 0.6 is 0 Å². The van der Waals surface area contributed by atoms with Gasteiger partial charge in [-0.3, -0.25) is 24.5 Å². The number of aryl methyl sites for hydroxylation is 2. The van der Waals surface area contributed by atoms with Gasteiger partial charge in [0.15, 0.2) is 6.10 Å². The molecule has 2 fully saturated rings. The Balaban J connectivity index is 1.54. The lowest BCUT2D eigenvalue weighted by Gasteiger charge is -2.26. The molecule has 2 heterocycles. The quantitative estimate of drug-likeness (QED) is 0.308. The number of rotatable bonds is 5. The summed E-state index contributed by atoms with van der Waals surface area (Å²) in [7, 11) is 0. The molecule has 3 atom stereocenters. The van der Waals surface area contributed by atoms with Crippen LogP contribution < -0.4 is 9.96 Å². The first kappa shape index (κ1) is 22.5. The highest BCUT2D eigenvalue weighted by Crippen LogP contribution is 2.41. The highest BCUT2D eigenvalue weighted by atomic mass is 16.7. The molecule has 2 aliphatic rings. The van der Waals surface area contributed by atoms with Crippen LogP contribution in [0.25, 0.3) is 6.08 Å². The summed E-state index contributed by atoms with van der Waals surface area (Å²) in [4.78, 5) is 45.2. The van der Waals surface area contributed by atoms with Crippen LogP contribution in [0.3, 0.4) is 0 Å². The summed E-state index contributed by atoms with van der Waals surface area (Å²) >= 11 is 0. The topological polar surface area (TPSA) is 93.0 Å². The predicted octanol–water partition coefficient (Wildman–Crippen LogP) is 4.60. The number of para-hydroxylation sites is 1. The van der Waals surface area contributed by atoms with E-state index in [0.29, 0.717) is 16.9 Å². The highest BCUT2D eigenvalue weighted by Gasteiger charge is 2.59. The molecule has 2 aliphatic heterocycles. The smallest absolute Gasteiger partial charge is 0.273 e. The third-order valence-electron chi connectivity index (χ3n) is 6.35. The van der Waals surface area contributed by atoms with E-state index in [4.69, 9.17) is 4.84 Å². The van der Waals surface area contributed by atoms with Gasteiger partial charge in [-0.05, 0) is 50.3 Å². The van der Waals surface area contributed by atoms with Gasteiger partial charge < -0.3 is 0 Å². The number of imide groups is 1. The lowest BCUT2D eigenvalue weighted by atomic mass is 9.95. The molecule has 0 aliphatic carbocycles. The molecule has 3 aromatic carbocycles. The van der Waals surface area contributed by atoms with Crippen LogP contribution in [0.4, 0.5) is 17.1 Å². The molecule has 3 aromatic rings. The Morgan fingerprint density at radius 1 is 0.857 bits per heavy atom. The minimum absolute atomic E-state index is 0.0452. The number of anilines is 2. The lowest BCUT2D eigenvalue weighted by molar-refractivity contribution is -0.385. The van der Waals surface area contributed by atoms with Crippen molar-refractivity contribution >= 4 is 35.0 Å². The molecule has 0 N–H and O–H groups in total. The van der Waals surface area contributed by atoms with Gasteiger partial charge in [0.05, 0.1) is 27.9 Å². The number of fused-ring (bicyclic) bond motifs is 1. The molecule has 2 saturated heterocycles. The third kappa shape index (κ3) is 3.98. The lowest BCUT2D eigenvalue weighted by Crippen LogP contribution is -2.39. The summed E-state index contributed by atoms with van der Waals surface area (Å²) in [5, 5.41) is 13.0.